The van der Waals surface area contributed by atoms with E-state index in [-0.39, 0.29) is 5.75 Å². The molecule has 0 spiro atoms. The molecule has 17 heavy (non-hydrogen) atoms. The molecule has 3 rings (SSSR count). The lowest BCUT2D eigenvalue weighted by atomic mass is 10.1. The smallest absolute Gasteiger partial charge is 0.116 e. The number of nitrogens with zero attached hydrogens (tertiary/aromatic N) is 3. The van der Waals surface area contributed by atoms with Crippen molar-refractivity contribution in [2.45, 2.75) is 25.4 Å². The number of aromatic nitrogens is 3. The van der Waals surface area contributed by atoms with Gasteiger partial charge >= 0.3 is 0 Å². The highest BCUT2D eigenvalue weighted by atomic mass is 16.3. The van der Waals surface area contributed by atoms with E-state index < -0.39 is 0 Å². The minimum absolute atomic E-state index is 0.244. The highest BCUT2D eigenvalue weighted by molar-refractivity contribution is 5.63. The number of hydrogen-bond donors (Lipinski definition) is 2. The van der Waals surface area contributed by atoms with Crippen LogP contribution in [0.2, 0.25) is 0 Å². The molecule has 5 nitrogen and oxygen atoms in total. The summed E-state index contributed by atoms with van der Waals surface area (Å²) in [5.41, 5.74) is 8.32. The summed E-state index contributed by atoms with van der Waals surface area (Å²) in [6.45, 7) is 0.359. The summed E-state index contributed by atoms with van der Waals surface area (Å²) in [5.74, 6) is 0.244. The first-order valence-corrected chi connectivity index (χ1v) is 5.73. The van der Waals surface area contributed by atoms with Crippen molar-refractivity contribution in [2.75, 3.05) is 0 Å². The average molecular weight is 230 g/mol. The van der Waals surface area contributed by atoms with Crippen molar-refractivity contribution in [2.24, 2.45) is 5.73 Å². The molecule has 0 saturated heterocycles. The van der Waals surface area contributed by atoms with Gasteiger partial charge in [-0.1, -0.05) is 17.3 Å². The van der Waals surface area contributed by atoms with Crippen molar-refractivity contribution >= 4 is 0 Å². The Kier molecular flexibility index (Phi) is 2.33. The van der Waals surface area contributed by atoms with Crippen molar-refractivity contribution in [1.82, 2.24) is 15.0 Å². The summed E-state index contributed by atoms with van der Waals surface area (Å²) < 4.78 is 1.93. The number of benzene rings is 1. The quantitative estimate of drug-likeness (QED) is 0.836. The zero-order valence-electron chi connectivity index (χ0n) is 9.37. The summed E-state index contributed by atoms with van der Waals surface area (Å²) in [6.07, 6.45) is 2.28. The number of phenolic OH excluding ortho intramolecular Hbond substituents is 1. The molecule has 5 heteroatoms. The first-order valence-electron chi connectivity index (χ1n) is 5.73. The summed E-state index contributed by atoms with van der Waals surface area (Å²) in [6, 6.07) is 7.57. The number of rotatable bonds is 3. The molecule has 88 valence electrons. The van der Waals surface area contributed by atoms with Gasteiger partial charge in [0.25, 0.3) is 0 Å². The van der Waals surface area contributed by atoms with Gasteiger partial charge in [0, 0.05) is 12.1 Å². The molecule has 0 unspecified atom stereocenters. The maximum Gasteiger partial charge on any atom is 0.116 e. The maximum absolute atomic E-state index is 9.54. The molecule has 2 aromatic rings. The standard InChI is InChI=1S/C12H14N4O/c13-7-11-12(8-2-1-3-10(17)6-8)16(15-14-11)9-4-5-9/h1-3,6,9,17H,4-5,7,13H2. The Balaban J connectivity index is 2.14. The molecule has 1 saturated carbocycles. The monoisotopic (exact) mass is 230 g/mol. The molecule has 1 aliphatic rings. The minimum atomic E-state index is 0.244. The second kappa shape index (κ2) is 3.85. The molecule has 0 radical (unpaired) electrons. The van der Waals surface area contributed by atoms with Gasteiger partial charge in [0.05, 0.1) is 11.7 Å². The zero-order chi connectivity index (χ0) is 11.8. The van der Waals surface area contributed by atoms with E-state index in [4.69, 9.17) is 5.73 Å². The average Bonchev–Trinajstić information content (AvgIpc) is 3.08. The van der Waals surface area contributed by atoms with Crippen molar-refractivity contribution < 1.29 is 5.11 Å². The SMILES string of the molecule is NCc1nnn(C2CC2)c1-c1cccc(O)c1. The molecular formula is C12H14N4O. The van der Waals surface area contributed by atoms with Crippen LogP contribution in [0.1, 0.15) is 24.6 Å². The van der Waals surface area contributed by atoms with Crippen LogP contribution in [0.5, 0.6) is 5.75 Å². The lowest BCUT2D eigenvalue weighted by molar-refractivity contribution is 0.475. The Morgan fingerprint density at radius 2 is 2.24 bits per heavy atom. The minimum Gasteiger partial charge on any atom is -0.508 e. The predicted octanol–water partition coefficient (Wildman–Crippen LogP) is 1.44. The van der Waals surface area contributed by atoms with Crippen LogP contribution in [-0.4, -0.2) is 20.1 Å². The zero-order valence-corrected chi connectivity index (χ0v) is 9.37. The Morgan fingerprint density at radius 1 is 1.41 bits per heavy atom. The third-order valence-corrected chi connectivity index (χ3v) is 2.97. The van der Waals surface area contributed by atoms with E-state index in [1.807, 2.05) is 16.8 Å². The van der Waals surface area contributed by atoms with E-state index in [1.165, 1.54) is 0 Å². The number of aromatic hydroxyl groups is 1. The Hall–Kier alpha value is -1.88. The Bertz CT molecular complexity index is 545. The van der Waals surface area contributed by atoms with E-state index in [2.05, 4.69) is 10.3 Å². The molecule has 0 aliphatic heterocycles. The van der Waals surface area contributed by atoms with Crippen LogP contribution in [0.3, 0.4) is 0 Å². The molecule has 1 fully saturated rings. The fourth-order valence-corrected chi connectivity index (χ4v) is 1.99. The second-order valence-electron chi connectivity index (χ2n) is 4.31. The van der Waals surface area contributed by atoms with Gasteiger partial charge in [0.1, 0.15) is 11.4 Å². The Morgan fingerprint density at radius 3 is 2.88 bits per heavy atom. The van der Waals surface area contributed by atoms with Gasteiger partial charge in [-0.15, -0.1) is 5.10 Å². The van der Waals surface area contributed by atoms with Gasteiger partial charge in [0.2, 0.25) is 0 Å². The van der Waals surface area contributed by atoms with Gasteiger partial charge in [-0.2, -0.15) is 0 Å². The maximum atomic E-state index is 9.54. The lowest BCUT2D eigenvalue weighted by Gasteiger charge is -2.06. The molecule has 1 aromatic heterocycles. The second-order valence-corrected chi connectivity index (χ2v) is 4.31. The van der Waals surface area contributed by atoms with E-state index >= 15 is 0 Å². The molecule has 0 atom stereocenters. The third kappa shape index (κ3) is 1.78. The highest BCUT2D eigenvalue weighted by Gasteiger charge is 2.29. The molecule has 1 aromatic carbocycles. The van der Waals surface area contributed by atoms with E-state index in [0.717, 1.165) is 29.8 Å². The summed E-state index contributed by atoms with van der Waals surface area (Å²) >= 11 is 0. The highest BCUT2D eigenvalue weighted by Crippen LogP contribution is 2.38. The largest absolute Gasteiger partial charge is 0.508 e. The molecular weight excluding hydrogens is 216 g/mol. The van der Waals surface area contributed by atoms with Gasteiger partial charge in [0.15, 0.2) is 0 Å². The molecule has 1 aliphatic carbocycles. The number of phenols is 1. The first kappa shape index (κ1) is 10.3. The predicted molar refractivity (Wildman–Crippen MR) is 63.3 cm³/mol. The van der Waals surface area contributed by atoms with Crippen molar-refractivity contribution in [1.29, 1.82) is 0 Å². The number of nitrogens with two attached hydrogens (primary N) is 1. The normalized spacial score (nSPS) is 15.1. The van der Waals surface area contributed by atoms with Crippen LogP contribution in [-0.2, 0) is 6.54 Å². The van der Waals surface area contributed by atoms with Crippen molar-refractivity contribution in [3.8, 4) is 17.0 Å². The van der Waals surface area contributed by atoms with Crippen molar-refractivity contribution in [3.05, 3.63) is 30.0 Å². The topological polar surface area (TPSA) is 77.0 Å². The van der Waals surface area contributed by atoms with Gasteiger partial charge in [-0.3, -0.25) is 0 Å². The van der Waals surface area contributed by atoms with E-state index in [0.29, 0.717) is 12.6 Å². The van der Waals surface area contributed by atoms with Gasteiger partial charge in [-0.25, -0.2) is 4.68 Å². The molecule has 0 bridgehead atoms. The third-order valence-electron chi connectivity index (χ3n) is 2.97. The van der Waals surface area contributed by atoms with Crippen LogP contribution in [0.15, 0.2) is 24.3 Å². The fraction of sp³-hybridized carbons (Fsp3) is 0.333. The molecule has 1 heterocycles. The molecule has 0 amide bonds. The van der Waals surface area contributed by atoms with Gasteiger partial charge in [-0.05, 0) is 25.0 Å². The van der Waals surface area contributed by atoms with Crippen LogP contribution in [0.25, 0.3) is 11.3 Å². The van der Waals surface area contributed by atoms with Crippen LogP contribution >= 0.6 is 0 Å². The fourth-order valence-electron chi connectivity index (χ4n) is 1.99. The van der Waals surface area contributed by atoms with Crippen molar-refractivity contribution in [3.63, 3.8) is 0 Å². The van der Waals surface area contributed by atoms with Crippen LogP contribution < -0.4 is 5.73 Å². The van der Waals surface area contributed by atoms with Crippen LogP contribution in [0, 0.1) is 0 Å². The van der Waals surface area contributed by atoms with Gasteiger partial charge < -0.3 is 10.8 Å². The summed E-state index contributed by atoms with van der Waals surface area (Å²) in [4.78, 5) is 0. The molecule has 3 N–H and O–H groups in total. The van der Waals surface area contributed by atoms with E-state index in [9.17, 15) is 5.11 Å². The van der Waals surface area contributed by atoms with E-state index in [1.54, 1.807) is 12.1 Å². The summed E-state index contributed by atoms with van der Waals surface area (Å²) in [5, 5.41) is 17.8. The summed E-state index contributed by atoms with van der Waals surface area (Å²) in [7, 11) is 0. The number of hydrogen-bond acceptors (Lipinski definition) is 4. The lowest BCUT2D eigenvalue weighted by Crippen LogP contribution is -2.02. The first-order chi connectivity index (χ1) is 8.29. The van der Waals surface area contributed by atoms with Crippen LogP contribution in [0.4, 0.5) is 0 Å². The Labute approximate surface area is 98.9 Å².